The first-order chi connectivity index (χ1) is 8.51. The predicted octanol–water partition coefficient (Wildman–Crippen LogP) is 2.89. The van der Waals surface area contributed by atoms with Gasteiger partial charge in [0.05, 0.1) is 6.61 Å². The lowest BCUT2D eigenvalue weighted by atomic mass is 10.1. The van der Waals surface area contributed by atoms with Crippen LogP contribution in [0.25, 0.3) is 0 Å². The molecule has 4 heteroatoms. The van der Waals surface area contributed by atoms with Gasteiger partial charge >= 0.3 is 0 Å². The molecule has 0 amide bonds. The zero-order valence-electron chi connectivity index (χ0n) is 11.4. The molecule has 100 valence electrons. The van der Waals surface area contributed by atoms with Crippen LogP contribution in [-0.2, 0) is 4.74 Å². The highest BCUT2D eigenvalue weighted by Crippen LogP contribution is 2.24. The number of hydrogen-bond acceptors (Lipinski definition) is 3. The standard InChI is InChI=1S/C14H20FNO2/c1-5-16(10(2)9-18-4)14-7-6-12(15)8-13(14)11(3)17/h6-8,10H,5,9H2,1-4H3. The molecule has 1 rings (SSSR count). The van der Waals surface area contributed by atoms with Gasteiger partial charge in [0.2, 0.25) is 0 Å². The van der Waals surface area contributed by atoms with Crippen molar-refractivity contribution in [1.82, 2.24) is 0 Å². The molecule has 0 bridgehead atoms. The van der Waals surface area contributed by atoms with Crippen LogP contribution in [0.2, 0.25) is 0 Å². The number of rotatable bonds is 6. The summed E-state index contributed by atoms with van der Waals surface area (Å²) in [4.78, 5) is 13.6. The Bertz CT molecular complexity index is 420. The van der Waals surface area contributed by atoms with Crippen molar-refractivity contribution in [2.45, 2.75) is 26.8 Å². The molecule has 0 aliphatic carbocycles. The fraction of sp³-hybridized carbons (Fsp3) is 0.500. The maximum atomic E-state index is 13.2. The Labute approximate surface area is 108 Å². The van der Waals surface area contributed by atoms with E-state index in [4.69, 9.17) is 4.74 Å². The Balaban J connectivity index is 3.16. The number of likely N-dealkylation sites (N-methyl/N-ethyl adjacent to an activating group) is 1. The monoisotopic (exact) mass is 253 g/mol. The van der Waals surface area contributed by atoms with Crippen molar-refractivity contribution in [3.05, 3.63) is 29.6 Å². The van der Waals surface area contributed by atoms with Crippen molar-refractivity contribution < 1.29 is 13.9 Å². The molecule has 1 atom stereocenters. The second-order valence-corrected chi connectivity index (χ2v) is 4.31. The lowest BCUT2D eigenvalue weighted by Gasteiger charge is -2.31. The van der Waals surface area contributed by atoms with Gasteiger partial charge < -0.3 is 9.64 Å². The Kier molecular flexibility index (Phi) is 5.28. The first kappa shape index (κ1) is 14.6. The molecule has 0 radical (unpaired) electrons. The molecule has 0 aromatic heterocycles. The summed E-state index contributed by atoms with van der Waals surface area (Å²) in [6, 6.07) is 4.45. The van der Waals surface area contributed by atoms with Crippen molar-refractivity contribution in [2.24, 2.45) is 0 Å². The van der Waals surface area contributed by atoms with Crippen LogP contribution in [-0.4, -0.2) is 32.1 Å². The van der Waals surface area contributed by atoms with Gasteiger partial charge in [0.25, 0.3) is 0 Å². The first-order valence-electron chi connectivity index (χ1n) is 6.07. The molecule has 0 aliphatic rings. The van der Waals surface area contributed by atoms with Crippen molar-refractivity contribution in [1.29, 1.82) is 0 Å². The molecule has 0 N–H and O–H groups in total. The number of carbonyl (C=O) groups is 1. The number of ketones is 1. The number of halogens is 1. The van der Waals surface area contributed by atoms with Crippen LogP contribution in [0.3, 0.4) is 0 Å². The minimum Gasteiger partial charge on any atom is -0.383 e. The van der Waals surface area contributed by atoms with Crippen molar-refractivity contribution in [3.63, 3.8) is 0 Å². The third kappa shape index (κ3) is 3.29. The molecule has 1 unspecified atom stereocenters. The average Bonchev–Trinajstić information content (AvgIpc) is 2.32. The van der Waals surface area contributed by atoms with Crippen molar-refractivity contribution >= 4 is 11.5 Å². The zero-order chi connectivity index (χ0) is 13.7. The minimum atomic E-state index is -0.389. The SMILES string of the molecule is CCN(c1ccc(F)cc1C(C)=O)C(C)COC. The van der Waals surface area contributed by atoms with E-state index < -0.39 is 0 Å². The molecule has 18 heavy (non-hydrogen) atoms. The highest BCUT2D eigenvalue weighted by molar-refractivity contribution is 5.99. The van der Waals surface area contributed by atoms with E-state index in [1.54, 1.807) is 13.2 Å². The van der Waals surface area contributed by atoms with E-state index in [2.05, 4.69) is 0 Å². The van der Waals surface area contributed by atoms with E-state index in [-0.39, 0.29) is 17.6 Å². The van der Waals surface area contributed by atoms with Crippen LogP contribution in [0.1, 0.15) is 31.1 Å². The Morgan fingerprint density at radius 3 is 2.67 bits per heavy atom. The Morgan fingerprint density at radius 2 is 2.17 bits per heavy atom. The van der Waals surface area contributed by atoms with Crippen LogP contribution in [0, 0.1) is 5.82 Å². The maximum Gasteiger partial charge on any atom is 0.161 e. The number of anilines is 1. The van der Waals surface area contributed by atoms with E-state index in [1.165, 1.54) is 19.1 Å². The first-order valence-corrected chi connectivity index (χ1v) is 6.07. The molecule has 0 saturated carbocycles. The van der Waals surface area contributed by atoms with Gasteiger partial charge in [0, 0.05) is 30.9 Å². The summed E-state index contributed by atoms with van der Waals surface area (Å²) in [6.07, 6.45) is 0. The van der Waals surface area contributed by atoms with Crippen LogP contribution in [0.5, 0.6) is 0 Å². The number of Topliss-reactive ketones (excluding diaryl/α,β-unsaturated/α-hetero) is 1. The second-order valence-electron chi connectivity index (χ2n) is 4.31. The molecule has 0 heterocycles. The van der Waals surface area contributed by atoms with Crippen LogP contribution in [0.4, 0.5) is 10.1 Å². The molecular formula is C14H20FNO2. The van der Waals surface area contributed by atoms with Crippen LogP contribution < -0.4 is 4.90 Å². The number of benzene rings is 1. The largest absolute Gasteiger partial charge is 0.383 e. The van der Waals surface area contributed by atoms with E-state index in [0.717, 1.165) is 12.2 Å². The quantitative estimate of drug-likeness (QED) is 0.730. The smallest absolute Gasteiger partial charge is 0.161 e. The average molecular weight is 253 g/mol. The maximum absolute atomic E-state index is 13.2. The van der Waals surface area contributed by atoms with Gasteiger partial charge in [-0.3, -0.25) is 4.79 Å². The molecule has 3 nitrogen and oxygen atoms in total. The Morgan fingerprint density at radius 1 is 1.50 bits per heavy atom. The summed E-state index contributed by atoms with van der Waals surface area (Å²) in [5.41, 5.74) is 1.18. The van der Waals surface area contributed by atoms with Crippen LogP contribution in [0.15, 0.2) is 18.2 Å². The molecule has 0 saturated heterocycles. The van der Waals surface area contributed by atoms with Crippen LogP contribution >= 0.6 is 0 Å². The van der Waals surface area contributed by atoms with E-state index >= 15 is 0 Å². The summed E-state index contributed by atoms with van der Waals surface area (Å²) in [6.45, 7) is 6.76. The summed E-state index contributed by atoms with van der Waals surface area (Å²) in [5, 5.41) is 0. The third-order valence-electron chi connectivity index (χ3n) is 2.93. The number of ether oxygens (including phenoxy) is 1. The Hall–Kier alpha value is -1.42. The minimum absolute atomic E-state index is 0.128. The number of nitrogens with zero attached hydrogens (tertiary/aromatic N) is 1. The van der Waals surface area contributed by atoms with E-state index in [1.807, 2.05) is 18.7 Å². The zero-order valence-corrected chi connectivity index (χ0v) is 11.4. The summed E-state index contributed by atoms with van der Waals surface area (Å²) >= 11 is 0. The molecular weight excluding hydrogens is 233 g/mol. The predicted molar refractivity (Wildman–Crippen MR) is 70.8 cm³/mol. The lowest BCUT2D eigenvalue weighted by Crippen LogP contribution is -2.37. The fourth-order valence-electron chi connectivity index (χ4n) is 2.09. The van der Waals surface area contributed by atoms with Gasteiger partial charge in [-0.2, -0.15) is 0 Å². The summed E-state index contributed by atoms with van der Waals surface area (Å²) in [5.74, 6) is -0.521. The van der Waals surface area contributed by atoms with Crippen molar-refractivity contribution in [3.8, 4) is 0 Å². The van der Waals surface area contributed by atoms with Gasteiger partial charge in [-0.25, -0.2) is 4.39 Å². The number of hydrogen-bond donors (Lipinski definition) is 0. The molecule has 1 aromatic carbocycles. The van der Waals surface area contributed by atoms with E-state index in [9.17, 15) is 9.18 Å². The van der Waals surface area contributed by atoms with Gasteiger partial charge in [-0.05, 0) is 39.0 Å². The third-order valence-corrected chi connectivity index (χ3v) is 2.93. The summed E-state index contributed by atoms with van der Waals surface area (Å²) in [7, 11) is 1.64. The lowest BCUT2D eigenvalue weighted by molar-refractivity contribution is 0.101. The molecule has 1 aromatic rings. The van der Waals surface area contributed by atoms with Gasteiger partial charge in [-0.15, -0.1) is 0 Å². The fourth-order valence-corrected chi connectivity index (χ4v) is 2.09. The molecule has 0 fully saturated rings. The van der Waals surface area contributed by atoms with Gasteiger partial charge in [-0.1, -0.05) is 0 Å². The number of methoxy groups -OCH3 is 1. The van der Waals surface area contributed by atoms with E-state index in [0.29, 0.717) is 12.2 Å². The second kappa shape index (κ2) is 6.50. The van der Waals surface area contributed by atoms with Gasteiger partial charge in [0.1, 0.15) is 5.82 Å². The highest BCUT2D eigenvalue weighted by Gasteiger charge is 2.18. The summed E-state index contributed by atoms with van der Waals surface area (Å²) < 4.78 is 18.4. The number of carbonyl (C=O) groups excluding carboxylic acids is 1. The molecule has 0 aliphatic heterocycles. The normalized spacial score (nSPS) is 12.3. The molecule has 0 spiro atoms. The topological polar surface area (TPSA) is 29.5 Å². The highest BCUT2D eigenvalue weighted by atomic mass is 19.1. The van der Waals surface area contributed by atoms with Crippen molar-refractivity contribution in [2.75, 3.05) is 25.2 Å². The van der Waals surface area contributed by atoms with Gasteiger partial charge in [0.15, 0.2) is 5.78 Å².